The van der Waals surface area contributed by atoms with Gasteiger partial charge in [-0.05, 0) is 49.7 Å². The van der Waals surface area contributed by atoms with Gasteiger partial charge in [-0.3, -0.25) is 9.59 Å². The molecule has 0 unspecified atom stereocenters. The topological polar surface area (TPSA) is 34.1 Å². The van der Waals surface area contributed by atoms with Crippen molar-refractivity contribution in [2.75, 3.05) is 0 Å². The zero-order valence-electron chi connectivity index (χ0n) is 13.2. The van der Waals surface area contributed by atoms with E-state index in [-0.39, 0.29) is 34.7 Å². The lowest BCUT2D eigenvalue weighted by Crippen LogP contribution is -2.46. The second kappa shape index (κ2) is 5.59. The fourth-order valence-electron chi connectivity index (χ4n) is 3.67. The quantitative estimate of drug-likeness (QED) is 0.733. The molecule has 0 saturated carbocycles. The molecule has 0 fully saturated rings. The van der Waals surface area contributed by atoms with E-state index in [1.54, 1.807) is 6.08 Å². The van der Waals surface area contributed by atoms with Crippen LogP contribution in [-0.2, 0) is 9.59 Å². The fraction of sp³-hybridized carbons (Fsp3) is 0.474. The lowest BCUT2D eigenvalue weighted by atomic mass is 9.57. The maximum Gasteiger partial charge on any atom is 0.162 e. The molecule has 2 rings (SSSR count). The molecule has 0 aromatic rings. The molecule has 4 atom stereocenters. The number of carbonyl (C=O) groups excluding carboxylic acids is 2. The first-order valence-electron chi connectivity index (χ1n) is 7.52. The monoisotopic (exact) mass is 284 g/mol. The van der Waals surface area contributed by atoms with Gasteiger partial charge in [0.25, 0.3) is 0 Å². The molecule has 0 aromatic carbocycles. The Labute approximate surface area is 127 Å². The molecule has 0 amide bonds. The van der Waals surface area contributed by atoms with Crippen LogP contribution in [0.5, 0.6) is 0 Å². The second-order valence-electron chi connectivity index (χ2n) is 6.66. The summed E-state index contributed by atoms with van der Waals surface area (Å²) in [5.74, 6) is -0.467. The Kier molecular flexibility index (Phi) is 4.18. The summed E-state index contributed by atoms with van der Waals surface area (Å²) in [6.45, 7) is 13.8. The van der Waals surface area contributed by atoms with Crippen molar-refractivity contribution in [3.8, 4) is 0 Å². The summed E-state index contributed by atoms with van der Waals surface area (Å²) in [5.41, 5.74) is 1.38. The lowest BCUT2D eigenvalue weighted by Gasteiger charge is -2.44. The standard InChI is InChI=1S/C19H24O2/c1-6-19(5)11-7-8-15(20)17(19)16-14(12(2)3)10-9-13(4)18(16)21/h6-9,14,16-17H,1-2,10-11H2,3-5H3/t14-,16+,17-,19-/m1/s1. The zero-order chi connectivity index (χ0) is 15.8. The van der Waals surface area contributed by atoms with E-state index in [0.717, 1.165) is 24.0 Å². The van der Waals surface area contributed by atoms with Crippen molar-refractivity contribution < 1.29 is 9.59 Å². The minimum Gasteiger partial charge on any atom is -0.294 e. The number of hydrogen-bond acceptors (Lipinski definition) is 2. The lowest BCUT2D eigenvalue weighted by molar-refractivity contribution is -0.134. The molecule has 0 aliphatic heterocycles. The molecule has 0 saturated heterocycles. The average molecular weight is 284 g/mol. The third-order valence-electron chi connectivity index (χ3n) is 5.12. The van der Waals surface area contributed by atoms with Crippen LogP contribution in [0.25, 0.3) is 0 Å². The summed E-state index contributed by atoms with van der Waals surface area (Å²) < 4.78 is 0. The Morgan fingerprint density at radius 2 is 2.10 bits per heavy atom. The maximum absolute atomic E-state index is 12.8. The van der Waals surface area contributed by atoms with Crippen molar-refractivity contribution in [3.05, 3.63) is 48.6 Å². The predicted molar refractivity (Wildman–Crippen MR) is 85.7 cm³/mol. The Morgan fingerprint density at radius 1 is 1.43 bits per heavy atom. The predicted octanol–water partition coefficient (Wildman–Crippen LogP) is 4.05. The van der Waals surface area contributed by atoms with E-state index in [4.69, 9.17) is 0 Å². The Bertz CT molecular complexity index is 564. The number of allylic oxidation sites excluding steroid dienone is 6. The zero-order valence-corrected chi connectivity index (χ0v) is 13.2. The molecule has 21 heavy (non-hydrogen) atoms. The van der Waals surface area contributed by atoms with Gasteiger partial charge in [-0.25, -0.2) is 0 Å². The molecule has 2 aliphatic rings. The third kappa shape index (κ3) is 2.59. The molecule has 0 bridgehead atoms. The summed E-state index contributed by atoms with van der Waals surface area (Å²) in [7, 11) is 0. The highest BCUT2D eigenvalue weighted by molar-refractivity contribution is 6.03. The normalized spacial score (nSPS) is 36.3. The molecule has 0 aromatic heterocycles. The number of ketones is 2. The Morgan fingerprint density at radius 3 is 2.67 bits per heavy atom. The minimum absolute atomic E-state index is 0.0425. The molecular formula is C19H24O2. The number of Topliss-reactive ketones (excluding diaryl/α,β-unsaturated/α-hetero) is 1. The summed E-state index contributed by atoms with van der Waals surface area (Å²) in [5, 5.41) is 0. The van der Waals surface area contributed by atoms with Gasteiger partial charge in [0.2, 0.25) is 0 Å². The summed E-state index contributed by atoms with van der Waals surface area (Å²) in [6, 6.07) is 0. The first kappa shape index (κ1) is 15.7. The molecule has 2 nitrogen and oxygen atoms in total. The van der Waals surface area contributed by atoms with Crippen LogP contribution in [-0.4, -0.2) is 11.6 Å². The third-order valence-corrected chi connectivity index (χ3v) is 5.12. The van der Waals surface area contributed by atoms with Gasteiger partial charge >= 0.3 is 0 Å². The van der Waals surface area contributed by atoms with Gasteiger partial charge in [-0.1, -0.05) is 37.3 Å². The number of rotatable bonds is 3. The van der Waals surface area contributed by atoms with Crippen LogP contribution < -0.4 is 0 Å². The molecule has 0 N–H and O–H groups in total. The van der Waals surface area contributed by atoms with Gasteiger partial charge in [0.05, 0.1) is 0 Å². The van der Waals surface area contributed by atoms with Gasteiger partial charge in [0.15, 0.2) is 11.6 Å². The molecule has 0 radical (unpaired) electrons. The Hall–Kier alpha value is -1.70. The van der Waals surface area contributed by atoms with Crippen molar-refractivity contribution in [2.24, 2.45) is 23.2 Å². The van der Waals surface area contributed by atoms with Crippen LogP contribution in [0, 0.1) is 23.2 Å². The summed E-state index contributed by atoms with van der Waals surface area (Å²) in [6.07, 6.45) is 8.89. The molecule has 2 aliphatic carbocycles. The maximum atomic E-state index is 12.8. The highest BCUT2D eigenvalue weighted by atomic mass is 16.1. The van der Waals surface area contributed by atoms with Crippen molar-refractivity contribution >= 4 is 11.6 Å². The second-order valence-corrected chi connectivity index (χ2v) is 6.66. The first-order valence-corrected chi connectivity index (χ1v) is 7.52. The minimum atomic E-state index is -0.364. The summed E-state index contributed by atoms with van der Waals surface area (Å²) >= 11 is 0. The molecule has 2 heteroatoms. The highest BCUT2D eigenvalue weighted by Gasteiger charge is 2.49. The van der Waals surface area contributed by atoms with Crippen LogP contribution in [0.2, 0.25) is 0 Å². The van der Waals surface area contributed by atoms with E-state index in [0.29, 0.717) is 0 Å². The molecule has 112 valence electrons. The molecule has 0 heterocycles. The van der Waals surface area contributed by atoms with Crippen LogP contribution >= 0.6 is 0 Å². The van der Waals surface area contributed by atoms with Gasteiger partial charge in [-0.15, -0.1) is 6.58 Å². The molecular weight excluding hydrogens is 260 g/mol. The summed E-state index contributed by atoms with van der Waals surface area (Å²) in [4.78, 5) is 25.3. The van der Waals surface area contributed by atoms with Gasteiger partial charge < -0.3 is 0 Å². The SMILES string of the molecule is C=C[C@]1(C)CC=CC(=O)[C@@H]1[C@H]1C(=O)C(C)=CC[C@@H]1C(=C)C. The van der Waals surface area contributed by atoms with Crippen LogP contribution in [0.1, 0.15) is 33.6 Å². The smallest absolute Gasteiger partial charge is 0.162 e. The Balaban J connectivity index is 2.53. The fourth-order valence-corrected chi connectivity index (χ4v) is 3.67. The van der Waals surface area contributed by atoms with E-state index in [1.165, 1.54) is 0 Å². The van der Waals surface area contributed by atoms with Crippen molar-refractivity contribution in [1.82, 2.24) is 0 Å². The van der Waals surface area contributed by atoms with Crippen LogP contribution in [0.4, 0.5) is 0 Å². The van der Waals surface area contributed by atoms with Crippen LogP contribution in [0.15, 0.2) is 48.6 Å². The van der Waals surface area contributed by atoms with Crippen LogP contribution in [0.3, 0.4) is 0 Å². The molecule has 0 spiro atoms. The van der Waals surface area contributed by atoms with Crippen molar-refractivity contribution in [2.45, 2.75) is 33.6 Å². The number of hydrogen-bond donors (Lipinski definition) is 0. The highest BCUT2D eigenvalue weighted by Crippen LogP contribution is 2.48. The average Bonchev–Trinajstić information content (AvgIpc) is 2.43. The first-order chi connectivity index (χ1) is 9.81. The van der Waals surface area contributed by atoms with E-state index in [1.807, 2.05) is 39.0 Å². The van der Waals surface area contributed by atoms with E-state index >= 15 is 0 Å². The van der Waals surface area contributed by atoms with E-state index < -0.39 is 0 Å². The largest absolute Gasteiger partial charge is 0.294 e. The van der Waals surface area contributed by atoms with Gasteiger partial charge in [0, 0.05) is 11.8 Å². The van der Waals surface area contributed by atoms with E-state index in [2.05, 4.69) is 13.2 Å². The van der Waals surface area contributed by atoms with Gasteiger partial charge in [-0.2, -0.15) is 0 Å². The van der Waals surface area contributed by atoms with Crippen molar-refractivity contribution in [3.63, 3.8) is 0 Å². The van der Waals surface area contributed by atoms with Crippen molar-refractivity contribution in [1.29, 1.82) is 0 Å². The van der Waals surface area contributed by atoms with Gasteiger partial charge in [0.1, 0.15) is 0 Å². The van der Waals surface area contributed by atoms with E-state index in [9.17, 15) is 9.59 Å². The number of carbonyl (C=O) groups is 2.